The second kappa shape index (κ2) is 15.8. The quantitative estimate of drug-likeness (QED) is 0.156. The summed E-state index contributed by atoms with van der Waals surface area (Å²) in [6.45, 7) is 16.1. The average molecular weight is 628 g/mol. The molecular weight excluding hydrogens is 583 g/mol. The van der Waals surface area contributed by atoms with Crippen LogP contribution in [0.4, 0.5) is 5.69 Å². The highest BCUT2D eigenvalue weighted by Crippen LogP contribution is 2.38. The molecule has 0 spiro atoms. The van der Waals surface area contributed by atoms with Crippen LogP contribution in [0, 0.1) is 6.92 Å². The van der Waals surface area contributed by atoms with Gasteiger partial charge in [-0.05, 0) is 123 Å². The first-order valence-electron chi connectivity index (χ1n) is 16.5. The van der Waals surface area contributed by atoms with Gasteiger partial charge in [0.1, 0.15) is 0 Å². The highest BCUT2D eigenvalue weighted by atomic mass is 15.1. The van der Waals surface area contributed by atoms with Gasteiger partial charge in [-0.2, -0.15) is 0 Å². The van der Waals surface area contributed by atoms with E-state index in [4.69, 9.17) is 0 Å². The van der Waals surface area contributed by atoms with Crippen molar-refractivity contribution < 1.29 is 0 Å². The fraction of sp³-hybridized carbons (Fsp3) is 0.111. The van der Waals surface area contributed by atoms with Crippen molar-refractivity contribution in [3.63, 3.8) is 0 Å². The van der Waals surface area contributed by atoms with Crippen molar-refractivity contribution in [2.75, 3.05) is 11.9 Å². The molecule has 1 aromatic heterocycles. The van der Waals surface area contributed by atoms with Crippen molar-refractivity contribution in [1.29, 1.82) is 0 Å². The molecule has 4 aromatic carbocycles. The number of aromatic nitrogens is 1. The number of benzene rings is 4. The van der Waals surface area contributed by atoms with E-state index in [-0.39, 0.29) is 0 Å². The van der Waals surface area contributed by atoms with Crippen molar-refractivity contribution in [2.45, 2.75) is 26.7 Å². The molecule has 3 heteroatoms. The van der Waals surface area contributed by atoms with Gasteiger partial charge in [-0.3, -0.25) is 0 Å². The van der Waals surface area contributed by atoms with Crippen LogP contribution < -0.4 is 10.6 Å². The Morgan fingerprint density at radius 3 is 1.75 bits per heavy atom. The van der Waals surface area contributed by atoms with Crippen molar-refractivity contribution in [1.82, 2.24) is 4.57 Å². The van der Waals surface area contributed by atoms with E-state index in [1.807, 2.05) is 31.2 Å². The lowest BCUT2D eigenvalue weighted by Gasteiger charge is -2.27. The maximum absolute atomic E-state index is 4.50. The van der Waals surface area contributed by atoms with Crippen LogP contribution >= 0.6 is 0 Å². The molecule has 0 saturated carbocycles. The Kier molecular flexibility index (Phi) is 11.1. The van der Waals surface area contributed by atoms with E-state index in [9.17, 15) is 0 Å². The highest BCUT2D eigenvalue weighted by molar-refractivity contribution is 6.12. The van der Waals surface area contributed by atoms with Gasteiger partial charge in [-0.15, -0.1) is 0 Å². The van der Waals surface area contributed by atoms with E-state index in [0.717, 1.165) is 35.5 Å². The van der Waals surface area contributed by atoms with Gasteiger partial charge in [0.2, 0.25) is 0 Å². The molecule has 0 atom stereocenters. The van der Waals surface area contributed by atoms with Crippen LogP contribution in [0.2, 0.25) is 0 Å². The van der Waals surface area contributed by atoms with Gasteiger partial charge in [0.15, 0.2) is 0 Å². The predicted octanol–water partition coefficient (Wildman–Crippen LogP) is 11.9. The van der Waals surface area contributed by atoms with Gasteiger partial charge in [0, 0.05) is 33.6 Å². The third-order valence-electron chi connectivity index (χ3n) is 8.48. The molecule has 240 valence electrons. The predicted molar refractivity (Wildman–Crippen MR) is 212 cm³/mol. The maximum Gasteiger partial charge on any atom is 0.0541 e. The minimum absolute atomic E-state index is 0.929. The first-order chi connectivity index (χ1) is 23.6. The molecule has 0 saturated heterocycles. The Morgan fingerprint density at radius 1 is 0.708 bits per heavy atom. The zero-order valence-electron chi connectivity index (χ0n) is 28.4. The highest BCUT2D eigenvalue weighted by Gasteiger charge is 2.17. The van der Waals surface area contributed by atoms with Gasteiger partial charge in [0.25, 0.3) is 0 Å². The fourth-order valence-corrected chi connectivity index (χ4v) is 6.27. The smallest absolute Gasteiger partial charge is 0.0541 e. The minimum Gasteiger partial charge on any atom is -0.333 e. The lowest BCUT2D eigenvalue weighted by atomic mass is 9.99. The molecule has 0 fully saturated rings. The normalized spacial score (nSPS) is 13.3. The number of nitrogens with zero attached hydrogens (tertiary/aromatic N) is 2. The molecule has 0 bridgehead atoms. The number of aryl methyl sites for hydroxylation is 1. The fourth-order valence-electron chi connectivity index (χ4n) is 6.27. The molecule has 6 rings (SSSR count). The summed E-state index contributed by atoms with van der Waals surface area (Å²) in [5.41, 5.74) is 17.2. The molecular formula is C45H45N3. The van der Waals surface area contributed by atoms with Crippen LogP contribution in [-0.2, 0) is 0 Å². The van der Waals surface area contributed by atoms with E-state index >= 15 is 0 Å². The average Bonchev–Trinajstić information content (AvgIpc) is 3.46. The van der Waals surface area contributed by atoms with Gasteiger partial charge in [0.05, 0.1) is 11.0 Å². The molecule has 1 aliphatic rings. The van der Waals surface area contributed by atoms with Gasteiger partial charge < -0.3 is 15.2 Å². The first kappa shape index (κ1) is 33.7. The zero-order chi connectivity index (χ0) is 34.0. The largest absolute Gasteiger partial charge is 0.333 e. The molecule has 3 nitrogen and oxygen atoms in total. The SMILES string of the molecule is C=C/C=C(\C=C)N(C(/C=C\C)=C/C=C)c1ccc(-c2ccc3c(c2)c2cc(-c4ccc(C)cc4)ccc2n3C2=CCCC=C2)cc1.CN. The molecule has 5 aromatic rings. The summed E-state index contributed by atoms with van der Waals surface area (Å²) in [6, 6.07) is 31.3. The van der Waals surface area contributed by atoms with Crippen molar-refractivity contribution in [3.8, 4) is 22.3 Å². The Balaban J connectivity index is 0.00000221. The molecule has 0 amide bonds. The summed E-state index contributed by atoms with van der Waals surface area (Å²) in [4.78, 5) is 2.16. The van der Waals surface area contributed by atoms with Crippen LogP contribution in [0.3, 0.4) is 0 Å². The van der Waals surface area contributed by atoms with Crippen molar-refractivity contribution in [3.05, 3.63) is 182 Å². The van der Waals surface area contributed by atoms with E-state index in [1.54, 1.807) is 12.2 Å². The molecule has 1 heterocycles. The number of hydrogen-bond acceptors (Lipinski definition) is 2. The number of rotatable bonds is 10. The minimum atomic E-state index is 0.929. The van der Waals surface area contributed by atoms with Crippen LogP contribution in [0.15, 0.2) is 177 Å². The summed E-state index contributed by atoms with van der Waals surface area (Å²) in [7, 11) is 1.50. The summed E-state index contributed by atoms with van der Waals surface area (Å²) < 4.78 is 2.42. The van der Waals surface area contributed by atoms with Crippen LogP contribution in [0.5, 0.6) is 0 Å². The summed E-state index contributed by atoms with van der Waals surface area (Å²) >= 11 is 0. The molecule has 0 unspecified atom stereocenters. The van der Waals surface area contributed by atoms with Gasteiger partial charge in [-0.25, -0.2) is 0 Å². The van der Waals surface area contributed by atoms with Gasteiger partial charge in [-0.1, -0.05) is 104 Å². The second-order valence-corrected chi connectivity index (χ2v) is 11.5. The Labute approximate surface area is 286 Å². The molecule has 0 radical (unpaired) electrons. The summed E-state index contributed by atoms with van der Waals surface area (Å²) in [5.74, 6) is 0. The van der Waals surface area contributed by atoms with Crippen LogP contribution in [0.1, 0.15) is 25.3 Å². The van der Waals surface area contributed by atoms with E-state index in [2.05, 4.69) is 151 Å². The second-order valence-electron chi connectivity index (χ2n) is 11.5. The third-order valence-corrected chi connectivity index (χ3v) is 8.48. The molecule has 1 aliphatic carbocycles. The topological polar surface area (TPSA) is 34.2 Å². The van der Waals surface area contributed by atoms with Crippen LogP contribution in [0.25, 0.3) is 49.8 Å². The Hall–Kier alpha value is -5.64. The van der Waals surface area contributed by atoms with Gasteiger partial charge >= 0.3 is 0 Å². The van der Waals surface area contributed by atoms with E-state index in [0.29, 0.717) is 0 Å². The molecule has 48 heavy (non-hydrogen) atoms. The summed E-state index contributed by atoms with van der Waals surface area (Å²) in [5, 5.41) is 2.51. The Bertz CT molecular complexity index is 2090. The van der Waals surface area contributed by atoms with Crippen molar-refractivity contribution in [2.24, 2.45) is 5.73 Å². The molecule has 0 aliphatic heterocycles. The lowest BCUT2D eigenvalue weighted by molar-refractivity contribution is 1.02. The number of fused-ring (bicyclic) bond motifs is 3. The maximum atomic E-state index is 4.50. The standard InChI is InChI=1S/C44H40N2.CH5N/c1-6-13-37(9-4)45(38(14-7-2)15-8-3)40-26-22-34(23-27-40)36-25-29-44-42(31-36)41-30-35(33-20-18-32(5)19-21-33)24-28-43(41)46(44)39-16-11-10-12-17-39;1-2/h6-9,11,13-31H,1-2,4,10,12H2,3,5H3;2H2,1H3/b15-8-,37-13+,38-14+;. The number of allylic oxidation sites excluding steroid dienone is 11. The number of hydrogen-bond donors (Lipinski definition) is 1. The van der Waals surface area contributed by atoms with Crippen LogP contribution in [-0.4, -0.2) is 11.6 Å². The lowest BCUT2D eigenvalue weighted by Crippen LogP contribution is -2.19. The van der Waals surface area contributed by atoms with Crippen molar-refractivity contribution >= 4 is 33.2 Å². The Morgan fingerprint density at radius 2 is 1.25 bits per heavy atom. The van der Waals surface area contributed by atoms with E-state index in [1.165, 1.54) is 56.8 Å². The van der Waals surface area contributed by atoms with E-state index < -0.39 is 0 Å². The zero-order valence-corrected chi connectivity index (χ0v) is 28.4. The third kappa shape index (κ3) is 6.88. The summed E-state index contributed by atoms with van der Waals surface area (Å²) in [6.07, 6.45) is 22.5. The molecule has 2 N–H and O–H groups in total. The number of nitrogens with two attached hydrogens (primary N) is 1. The number of anilines is 1. The first-order valence-corrected chi connectivity index (χ1v) is 16.5. The monoisotopic (exact) mass is 627 g/mol.